The van der Waals surface area contributed by atoms with Crippen LogP contribution in [0.25, 0.3) is 0 Å². The standard InChI is InChI=1S/C17H18O8/c1-9(18)22-13-12-8-21-17(24-12)15(14(13)23-10(2)19)25-16(20)11-6-4-3-5-7-11/h3-7,12-15,17H,8H2,1-2H3/t12-,13+,14+,15-,17?/m1/s1. The van der Waals surface area contributed by atoms with Crippen molar-refractivity contribution in [2.45, 2.75) is 44.6 Å². The van der Waals surface area contributed by atoms with Gasteiger partial charge in [0.25, 0.3) is 0 Å². The van der Waals surface area contributed by atoms with Gasteiger partial charge in [-0.25, -0.2) is 4.79 Å². The molecule has 0 aliphatic carbocycles. The van der Waals surface area contributed by atoms with E-state index in [2.05, 4.69) is 0 Å². The number of hydrogen-bond donors (Lipinski definition) is 0. The number of rotatable bonds is 4. The van der Waals surface area contributed by atoms with Gasteiger partial charge in [0.2, 0.25) is 0 Å². The average Bonchev–Trinajstić information content (AvgIpc) is 3.01. The van der Waals surface area contributed by atoms with Crippen LogP contribution in [-0.2, 0) is 33.3 Å². The van der Waals surface area contributed by atoms with Crippen molar-refractivity contribution in [2.24, 2.45) is 0 Å². The van der Waals surface area contributed by atoms with Crippen molar-refractivity contribution in [2.75, 3.05) is 6.61 Å². The summed E-state index contributed by atoms with van der Waals surface area (Å²) < 4.78 is 27.1. The van der Waals surface area contributed by atoms with Gasteiger partial charge in [-0.05, 0) is 12.1 Å². The molecule has 2 saturated heterocycles. The zero-order chi connectivity index (χ0) is 18.0. The van der Waals surface area contributed by atoms with Crippen LogP contribution in [0.4, 0.5) is 0 Å². The molecule has 1 unspecified atom stereocenters. The minimum absolute atomic E-state index is 0.139. The molecule has 2 bridgehead atoms. The highest BCUT2D eigenvalue weighted by Gasteiger charge is 2.56. The third-order valence-corrected chi connectivity index (χ3v) is 3.87. The Morgan fingerprint density at radius 2 is 1.56 bits per heavy atom. The van der Waals surface area contributed by atoms with Crippen molar-refractivity contribution in [3.05, 3.63) is 35.9 Å². The summed E-state index contributed by atoms with van der Waals surface area (Å²) in [6.45, 7) is 2.59. The van der Waals surface area contributed by atoms with Gasteiger partial charge in [-0.3, -0.25) is 9.59 Å². The molecule has 0 radical (unpaired) electrons. The molecule has 3 rings (SSSR count). The summed E-state index contributed by atoms with van der Waals surface area (Å²) >= 11 is 0. The summed E-state index contributed by atoms with van der Waals surface area (Å²) in [5.74, 6) is -1.78. The lowest BCUT2D eigenvalue weighted by Gasteiger charge is -2.38. The van der Waals surface area contributed by atoms with E-state index in [1.807, 2.05) is 0 Å². The molecule has 25 heavy (non-hydrogen) atoms. The minimum Gasteiger partial charge on any atom is -0.456 e. The average molecular weight is 350 g/mol. The highest BCUT2D eigenvalue weighted by molar-refractivity contribution is 5.89. The van der Waals surface area contributed by atoms with Crippen molar-refractivity contribution in [3.63, 3.8) is 0 Å². The summed E-state index contributed by atoms with van der Waals surface area (Å²) in [5.41, 5.74) is 0.327. The molecule has 0 saturated carbocycles. The van der Waals surface area contributed by atoms with E-state index >= 15 is 0 Å². The fourth-order valence-electron chi connectivity index (χ4n) is 2.89. The van der Waals surface area contributed by atoms with Crippen LogP contribution >= 0.6 is 0 Å². The summed E-state index contributed by atoms with van der Waals surface area (Å²) in [5, 5.41) is 0. The molecule has 8 heteroatoms. The van der Waals surface area contributed by atoms with E-state index in [1.165, 1.54) is 13.8 Å². The van der Waals surface area contributed by atoms with Gasteiger partial charge in [0.15, 0.2) is 24.6 Å². The van der Waals surface area contributed by atoms with E-state index < -0.39 is 48.6 Å². The fraction of sp³-hybridized carbons (Fsp3) is 0.471. The van der Waals surface area contributed by atoms with Crippen molar-refractivity contribution in [1.29, 1.82) is 0 Å². The van der Waals surface area contributed by atoms with E-state index in [9.17, 15) is 14.4 Å². The molecule has 0 aromatic heterocycles. The minimum atomic E-state index is -1.06. The van der Waals surface area contributed by atoms with Gasteiger partial charge in [-0.15, -0.1) is 0 Å². The van der Waals surface area contributed by atoms with Gasteiger partial charge in [0.05, 0.1) is 12.2 Å². The van der Waals surface area contributed by atoms with Crippen molar-refractivity contribution < 1.29 is 38.1 Å². The predicted molar refractivity (Wildman–Crippen MR) is 81.4 cm³/mol. The van der Waals surface area contributed by atoms with Gasteiger partial charge in [0.1, 0.15) is 6.10 Å². The second-order valence-electron chi connectivity index (χ2n) is 5.76. The van der Waals surface area contributed by atoms with Crippen LogP contribution in [0.2, 0.25) is 0 Å². The van der Waals surface area contributed by atoms with E-state index in [0.29, 0.717) is 5.56 Å². The summed E-state index contributed by atoms with van der Waals surface area (Å²) in [4.78, 5) is 35.3. The molecule has 0 amide bonds. The van der Waals surface area contributed by atoms with Crippen LogP contribution in [0.5, 0.6) is 0 Å². The Hall–Kier alpha value is -2.45. The summed E-state index contributed by atoms with van der Waals surface area (Å²) in [6, 6.07) is 8.34. The molecule has 1 aromatic carbocycles. The van der Waals surface area contributed by atoms with Crippen LogP contribution in [0.1, 0.15) is 24.2 Å². The maximum Gasteiger partial charge on any atom is 0.338 e. The fourth-order valence-corrected chi connectivity index (χ4v) is 2.89. The molecule has 2 aliphatic heterocycles. The van der Waals surface area contributed by atoms with Crippen LogP contribution in [-0.4, -0.2) is 55.2 Å². The second kappa shape index (κ2) is 7.20. The molecule has 2 heterocycles. The molecule has 134 valence electrons. The first-order chi connectivity index (χ1) is 12.0. The number of carbonyl (C=O) groups is 3. The number of esters is 3. The quantitative estimate of drug-likeness (QED) is 0.582. The van der Waals surface area contributed by atoms with Gasteiger partial charge < -0.3 is 23.7 Å². The van der Waals surface area contributed by atoms with Gasteiger partial charge in [0, 0.05) is 13.8 Å². The Kier molecular flexibility index (Phi) is 5.00. The Labute approximate surface area is 143 Å². The molecular formula is C17H18O8. The monoisotopic (exact) mass is 350 g/mol. The number of hydrogen-bond acceptors (Lipinski definition) is 8. The molecule has 8 nitrogen and oxygen atoms in total. The Bertz CT molecular complexity index is 658. The van der Waals surface area contributed by atoms with Crippen molar-refractivity contribution >= 4 is 17.9 Å². The van der Waals surface area contributed by atoms with E-state index in [-0.39, 0.29) is 6.61 Å². The lowest BCUT2D eigenvalue weighted by atomic mass is 10.00. The Balaban J connectivity index is 1.84. The van der Waals surface area contributed by atoms with Gasteiger partial charge in [-0.1, -0.05) is 18.2 Å². The first kappa shape index (κ1) is 17.4. The van der Waals surface area contributed by atoms with Crippen molar-refractivity contribution in [3.8, 4) is 0 Å². The largest absolute Gasteiger partial charge is 0.456 e. The molecule has 5 atom stereocenters. The maximum atomic E-state index is 12.4. The molecule has 2 fully saturated rings. The van der Waals surface area contributed by atoms with E-state index in [4.69, 9.17) is 23.7 Å². The lowest BCUT2D eigenvalue weighted by Crippen LogP contribution is -2.58. The van der Waals surface area contributed by atoms with Gasteiger partial charge in [-0.2, -0.15) is 0 Å². The zero-order valence-corrected chi connectivity index (χ0v) is 13.7. The maximum absolute atomic E-state index is 12.4. The SMILES string of the molecule is CC(=O)O[C@@H]1[C@H](OC(C)=O)[C@@H](OC(=O)c2ccccc2)C2OC[C@H]1O2. The topological polar surface area (TPSA) is 97.4 Å². The molecule has 1 aromatic rings. The summed E-state index contributed by atoms with van der Waals surface area (Å²) in [7, 11) is 0. The van der Waals surface area contributed by atoms with Crippen LogP contribution in [0.3, 0.4) is 0 Å². The Morgan fingerprint density at radius 3 is 2.20 bits per heavy atom. The van der Waals surface area contributed by atoms with Crippen LogP contribution < -0.4 is 0 Å². The normalized spacial score (nSPS) is 30.4. The number of fused-ring (bicyclic) bond motifs is 2. The number of carbonyl (C=O) groups excluding carboxylic acids is 3. The Morgan fingerprint density at radius 1 is 0.920 bits per heavy atom. The zero-order valence-electron chi connectivity index (χ0n) is 13.7. The second-order valence-corrected chi connectivity index (χ2v) is 5.76. The van der Waals surface area contributed by atoms with E-state index in [0.717, 1.165) is 0 Å². The highest BCUT2D eigenvalue weighted by Crippen LogP contribution is 2.34. The molecular weight excluding hydrogens is 332 g/mol. The van der Waals surface area contributed by atoms with Crippen molar-refractivity contribution in [1.82, 2.24) is 0 Å². The number of benzene rings is 1. The predicted octanol–water partition coefficient (Wildman–Crippen LogP) is 0.830. The molecule has 2 aliphatic rings. The smallest absolute Gasteiger partial charge is 0.338 e. The van der Waals surface area contributed by atoms with Crippen LogP contribution in [0.15, 0.2) is 30.3 Å². The first-order valence-electron chi connectivity index (χ1n) is 7.83. The third-order valence-electron chi connectivity index (χ3n) is 3.87. The highest BCUT2D eigenvalue weighted by atomic mass is 16.8. The first-order valence-corrected chi connectivity index (χ1v) is 7.83. The van der Waals surface area contributed by atoms with Gasteiger partial charge >= 0.3 is 17.9 Å². The molecule has 0 spiro atoms. The lowest BCUT2D eigenvalue weighted by molar-refractivity contribution is -0.243. The number of ether oxygens (including phenoxy) is 5. The summed E-state index contributed by atoms with van der Waals surface area (Å²) in [6.07, 6.45) is -4.48. The third kappa shape index (κ3) is 3.80. The molecule has 0 N–H and O–H groups in total. The van der Waals surface area contributed by atoms with E-state index in [1.54, 1.807) is 30.3 Å². The van der Waals surface area contributed by atoms with Crippen LogP contribution in [0, 0.1) is 0 Å².